The van der Waals surface area contributed by atoms with E-state index < -0.39 is 69.7 Å². The first-order valence-electron chi connectivity index (χ1n) is 12.5. The largest absolute Gasteiger partial charge is 0.458 e. The number of rotatable bonds is 5. The summed E-state index contributed by atoms with van der Waals surface area (Å²) in [7, 11) is 0. The van der Waals surface area contributed by atoms with E-state index in [2.05, 4.69) is 0 Å². The number of ether oxygens (including phenoxy) is 2. The summed E-state index contributed by atoms with van der Waals surface area (Å²) >= 11 is 0. The van der Waals surface area contributed by atoms with Crippen molar-refractivity contribution in [3.05, 3.63) is 23.3 Å². The van der Waals surface area contributed by atoms with Crippen LogP contribution in [0.2, 0.25) is 0 Å². The Morgan fingerprint density at radius 2 is 1.86 bits per heavy atom. The van der Waals surface area contributed by atoms with E-state index in [1.54, 1.807) is 32.9 Å². The maximum Gasteiger partial charge on any atom is 0.309 e. The van der Waals surface area contributed by atoms with Crippen LogP contribution in [-0.2, 0) is 23.9 Å². The third-order valence-corrected chi connectivity index (χ3v) is 9.54. The molecule has 3 N–H and O–H groups in total. The number of aliphatic hydroxyl groups excluding tert-OH is 1. The molecule has 35 heavy (non-hydrogen) atoms. The molecule has 0 saturated heterocycles. The smallest absolute Gasteiger partial charge is 0.309 e. The molecular formula is C27H38O8. The van der Waals surface area contributed by atoms with Crippen LogP contribution < -0.4 is 0 Å². The molecule has 2 saturated carbocycles. The first-order valence-corrected chi connectivity index (χ1v) is 12.5. The second kappa shape index (κ2) is 7.98. The minimum Gasteiger partial charge on any atom is -0.458 e. The lowest BCUT2D eigenvalue weighted by Gasteiger charge is -2.53. The van der Waals surface area contributed by atoms with Crippen molar-refractivity contribution in [2.45, 2.75) is 84.2 Å². The summed E-state index contributed by atoms with van der Waals surface area (Å²) in [5.41, 5.74) is -4.74. The van der Waals surface area contributed by atoms with Gasteiger partial charge in [-0.15, -0.1) is 0 Å². The quantitative estimate of drug-likeness (QED) is 0.395. The number of hydrogen-bond donors (Lipinski definition) is 3. The van der Waals surface area contributed by atoms with Crippen molar-refractivity contribution in [2.75, 3.05) is 6.61 Å². The van der Waals surface area contributed by atoms with Crippen molar-refractivity contribution in [3.8, 4) is 0 Å². The number of carbonyl (C=O) groups excluding carboxylic acids is 3. The molecule has 0 unspecified atom stereocenters. The number of esters is 2. The Labute approximate surface area is 206 Å². The van der Waals surface area contributed by atoms with Crippen molar-refractivity contribution < 1.29 is 39.2 Å². The van der Waals surface area contributed by atoms with Crippen molar-refractivity contribution in [1.82, 2.24) is 0 Å². The van der Waals surface area contributed by atoms with Crippen LogP contribution in [0, 0.1) is 35.0 Å². The predicted molar refractivity (Wildman–Crippen MR) is 126 cm³/mol. The molecule has 8 nitrogen and oxygen atoms in total. The van der Waals surface area contributed by atoms with Gasteiger partial charge in [-0.1, -0.05) is 46.8 Å². The van der Waals surface area contributed by atoms with E-state index in [9.17, 15) is 29.7 Å². The molecule has 4 rings (SSSR count). The first-order chi connectivity index (χ1) is 16.1. The third-order valence-electron chi connectivity index (χ3n) is 9.54. The average Bonchev–Trinajstić information content (AvgIpc) is 3.21. The molecule has 2 fully saturated rings. The van der Waals surface area contributed by atoms with Crippen LogP contribution in [-0.4, -0.2) is 62.6 Å². The summed E-state index contributed by atoms with van der Waals surface area (Å²) in [6.45, 7) is 11.7. The lowest BCUT2D eigenvalue weighted by atomic mass is 9.59. The Kier molecular flexibility index (Phi) is 5.94. The van der Waals surface area contributed by atoms with Crippen LogP contribution in [0.5, 0.6) is 0 Å². The van der Waals surface area contributed by atoms with Gasteiger partial charge < -0.3 is 24.8 Å². The van der Waals surface area contributed by atoms with Gasteiger partial charge in [0.05, 0.1) is 18.1 Å². The lowest BCUT2D eigenvalue weighted by molar-refractivity contribution is -0.229. The standard InChI is InChI=1S/C27H38O8/c1-8-13(2)23(31)35-27-20(24(27,6)7)18-10-17(12-28)11-25(32)19(9-14(3)21(25)30)26(18,33)15(4)22(27)34-16(5)29/h9-10,13,15,18-20,22,28,32-33H,8,11-12H2,1-7H3/t13-,15-,18+,19+,20+,22+,25+,26-,27-/m0/s1. The van der Waals surface area contributed by atoms with Crippen molar-refractivity contribution in [3.63, 3.8) is 0 Å². The van der Waals surface area contributed by atoms with Crippen LogP contribution in [0.15, 0.2) is 23.3 Å². The van der Waals surface area contributed by atoms with Gasteiger partial charge in [0.2, 0.25) is 0 Å². The summed E-state index contributed by atoms with van der Waals surface area (Å²) in [5, 5.41) is 34.3. The molecule has 0 aromatic heterocycles. The molecule has 0 radical (unpaired) electrons. The highest BCUT2D eigenvalue weighted by molar-refractivity contribution is 6.04. The van der Waals surface area contributed by atoms with E-state index in [-0.39, 0.29) is 18.9 Å². The fourth-order valence-corrected chi connectivity index (χ4v) is 7.44. The number of ketones is 1. The monoisotopic (exact) mass is 490 g/mol. The molecule has 0 heterocycles. The molecule has 9 atom stereocenters. The van der Waals surface area contributed by atoms with E-state index in [0.29, 0.717) is 17.6 Å². The zero-order valence-electron chi connectivity index (χ0n) is 21.6. The third kappa shape index (κ3) is 3.18. The van der Waals surface area contributed by atoms with Gasteiger partial charge in [0.1, 0.15) is 11.7 Å². The van der Waals surface area contributed by atoms with Gasteiger partial charge in [-0.2, -0.15) is 0 Å². The van der Waals surface area contributed by atoms with Gasteiger partial charge in [0.15, 0.2) is 11.4 Å². The second-order valence-corrected chi connectivity index (χ2v) is 11.7. The molecule has 0 amide bonds. The van der Waals surface area contributed by atoms with E-state index in [1.807, 2.05) is 20.8 Å². The minimum atomic E-state index is -1.93. The fraction of sp³-hybridized carbons (Fsp3) is 0.741. The Morgan fingerprint density at radius 1 is 1.23 bits per heavy atom. The number of fused-ring (bicyclic) bond motifs is 5. The van der Waals surface area contributed by atoms with Crippen molar-refractivity contribution in [2.24, 2.45) is 35.0 Å². The number of carbonyl (C=O) groups is 3. The highest BCUT2D eigenvalue weighted by Gasteiger charge is 2.88. The SMILES string of the molecule is CC[C@H](C)C(=O)O[C@]12[C@H](OC(C)=O)[C@H](C)[C@]3(O)[C@H](C=C(CO)C[C@]4(O)C(=O)C(C)=C[C@@H]34)[C@@H]1C2(C)C. The van der Waals surface area contributed by atoms with Gasteiger partial charge in [-0.3, -0.25) is 14.4 Å². The lowest BCUT2D eigenvalue weighted by Crippen LogP contribution is -2.66. The fourth-order valence-electron chi connectivity index (χ4n) is 7.44. The van der Waals surface area contributed by atoms with Gasteiger partial charge in [-0.25, -0.2) is 0 Å². The Balaban J connectivity index is 1.94. The topological polar surface area (TPSA) is 130 Å². The molecule has 0 aliphatic heterocycles. The zero-order chi connectivity index (χ0) is 26.3. The summed E-state index contributed by atoms with van der Waals surface area (Å²) in [4.78, 5) is 38.4. The number of aliphatic hydroxyl groups is 3. The Morgan fingerprint density at radius 3 is 2.40 bits per heavy atom. The van der Waals surface area contributed by atoms with Crippen molar-refractivity contribution >= 4 is 17.7 Å². The van der Waals surface area contributed by atoms with Gasteiger partial charge in [-0.05, 0) is 24.5 Å². The Hall–Kier alpha value is -2.03. The van der Waals surface area contributed by atoms with E-state index in [4.69, 9.17) is 9.47 Å². The van der Waals surface area contributed by atoms with E-state index in [0.717, 1.165) is 0 Å². The summed E-state index contributed by atoms with van der Waals surface area (Å²) in [5.74, 6) is -4.75. The zero-order valence-corrected chi connectivity index (χ0v) is 21.6. The summed E-state index contributed by atoms with van der Waals surface area (Å²) in [6.07, 6.45) is 2.83. The molecule has 0 spiro atoms. The van der Waals surface area contributed by atoms with E-state index >= 15 is 0 Å². The highest BCUT2D eigenvalue weighted by Crippen LogP contribution is 2.77. The van der Waals surface area contributed by atoms with Crippen LogP contribution in [0.3, 0.4) is 0 Å². The molecule has 4 aliphatic rings. The maximum atomic E-state index is 13.1. The minimum absolute atomic E-state index is 0.114. The number of hydrogen-bond acceptors (Lipinski definition) is 8. The molecule has 0 aromatic carbocycles. The van der Waals surface area contributed by atoms with Crippen LogP contribution in [0.25, 0.3) is 0 Å². The maximum absolute atomic E-state index is 13.1. The van der Waals surface area contributed by atoms with Gasteiger partial charge >= 0.3 is 11.9 Å². The van der Waals surface area contributed by atoms with Crippen LogP contribution >= 0.6 is 0 Å². The van der Waals surface area contributed by atoms with Gasteiger partial charge in [0.25, 0.3) is 0 Å². The molecule has 194 valence electrons. The second-order valence-electron chi connectivity index (χ2n) is 11.7. The summed E-state index contributed by atoms with van der Waals surface area (Å²) in [6, 6.07) is 0. The molecule has 0 aromatic rings. The number of Topliss-reactive ketones (excluding diaryl/α,β-unsaturated/α-hetero) is 1. The van der Waals surface area contributed by atoms with Crippen LogP contribution in [0.1, 0.15) is 61.3 Å². The molecule has 4 aliphatic carbocycles. The normalized spacial score (nSPS) is 44.1. The average molecular weight is 491 g/mol. The molecule has 0 bridgehead atoms. The first kappa shape index (κ1) is 26.0. The Bertz CT molecular complexity index is 1030. The van der Waals surface area contributed by atoms with E-state index in [1.165, 1.54) is 6.92 Å². The van der Waals surface area contributed by atoms with Gasteiger partial charge in [0, 0.05) is 42.4 Å². The molecule has 8 heteroatoms. The highest BCUT2D eigenvalue weighted by atomic mass is 16.6. The summed E-state index contributed by atoms with van der Waals surface area (Å²) < 4.78 is 12.0. The van der Waals surface area contributed by atoms with Crippen molar-refractivity contribution in [1.29, 1.82) is 0 Å². The van der Waals surface area contributed by atoms with Crippen LogP contribution in [0.4, 0.5) is 0 Å². The predicted octanol–water partition coefficient (Wildman–Crippen LogP) is 2.10. The molecular weight excluding hydrogens is 452 g/mol.